The van der Waals surface area contributed by atoms with Crippen molar-refractivity contribution in [2.24, 2.45) is 0 Å². The summed E-state index contributed by atoms with van der Waals surface area (Å²) in [5.41, 5.74) is 2.48. The summed E-state index contributed by atoms with van der Waals surface area (Å²) in [6.45, 7) is 4.17. The minimum absolute atomic E-state index is 0.0418. The molecule has 1 heterocycles. The lowest BCUT2D eigenvalue weighted by atomic mass is 10.1. The Hall–Kier alpha value is -1.86. The maximum atomic E-state index is 13.2. The van der Waals surface area contributed by atoms with Gasteiger partial charge in [0.1, 0.15) is 11.9 Å². The number of hydrogen-bond donors (Lipinski definition) is 0. The molecule has 0 N–H and O–H groups in total. The average Bonchev–Trinajstić information content (AvgIpc) is 2.59. The molecule has 18 heavy (non-hydrogen) atoms. The van der Waals surface area contributed by atoms with Crippen LogP contribution in [0.25, 0.3) is 0 Å². The van der Waals surface area contributed by atoms with E-state index in [2.05, 4.69) is 5.10 Å². The van der Waals surface area contributed by atoms with Gasteiger partial charge in [-0.25, -0.2) is 4.39 Å². The Bertz CT molecular complexity index is 640. The summed E-state index contributed by atoms with van der Waals surface area (Å²) in [6.07, 6.45) is 0. The van der Waals surface area contributed by atoms with Gasteiger partial charge in [0.2, 0.25) is 0 Å². The molecule has 0 aliphatic carbocycles. The number of aromatic nitrogens is 2. The summed E-state index contributed by atoms with van der Waals surface area (Å²) < 4.78 is 14.9. The van der Waals surface area contributed by atoms with Gasteiger partial charge in [0.15, 0.2) is 0 Å². The molecule has 0 saturated carbocycles. The van der Waals surface area contributed by atoms with Crippen molar-refractivity contribution in [2.45, 2.75) is 20.4 Å². The van der Waals surface area contributed by atoms with Crippen molar-refractivity contribution in [1.29, 1.82) is 5.26 Å². The predicted molar refractivity (Wildman–Crippen MR) is 66.9 cm³/mol. The Morgan fingerprint density at radius 3 is 2.72 bits per heavy atom. The van der Waals surface area contributed by atoms with Crippen LogP contribution in [0, 0.1) is 31.0 Å². The van der Waals surface area contributed by atoms with Crippen molar-refractivity contribution in [1.82, 2.24) is 9.78 Å². The third kappa shape index (κ3) is 2.22. The summed E-state index contributed by atoms with van der Waals surface area (Å²) >= 11 is 6.05. The molecule has 0 atom stereocenters. The topological polar surface area (TPSA) is 41.6 Å². The lowest BCUT2D eigenvalue weighted by molar-refractivity contribution is 0.618. The zero-order valence-corrected chi connectivity index (χ0v) is 10.8. The van der Waals surface area contributed by atoms with Gasteiger partial charge < -0.3 is 0 Å². The van der Waals surface area contributed by atoms with E-state index in [1.807, 2.05) is 19.9 Å². The molecule has 0 bridgehead atoms. The fourth-order valence-electron chi connectivity index (χ4n) is 1.76. The zero-order chi connectivity index (χ0) is 13.3. The number of rotatable bonds is 2. The van der Waals surface area contributed by atoms with E-state index < -0.39 is 5.82 Å². The second kappa shape index (κ2) is 4.79. The number of hydrogen-bond acceptors (Lipinski definition) is 2. The molecular formula is C13H11ClFN3. The van der Waals surface area contributed by atoms with Crippen molar-refractivity contribution in [3.8, 4) is 6.07 Å². The minimum atomic E-state index is -0.507. The molecule has 2 aromatic rings. The lowest BCUT2D eigenvalue weighted by Crippen LogP contribution is -2.04. The highest BCUT2D eigenvalue weighted by Gasteiger charge is 2.10. The van der Waals surface area contributed by atoms with Crippen molar-refractivity contribution in [2.75, 3.05) is 0 Å². The number of aryl methyl sites for hydroxylation is 1. The van der Waals surface area contributed by atoms with E-state index in [0.29, 0.717) is 11.6 Å². The number of nitrogens with zero attached hydrogens (tertiary/aromatic N) is 3. The SMILES string of the molecule is Cc1nn(Cc2ccc(F)c(C#N)c2)c(C)c1Cl. The summed E-state index contributed by atoms with van der Waals surface area (Å²) in [4.78, 5) is 0. The van der Waals surface area contributed by atoms with E-state index in [1.165, 1.54) is 12.1 Å². The molecule has 1 aromatic carbocycles. The van der Waals surface area contributed by atoms with E-state index in [1.54, 1.807) is 10.7 Å². The maximum Gasteiger partial charge on any atom is 0.140 e. The molecule has 1 aromatic heterocycles. The van der Waals surface area contributed by atoms with Crippen molar-refractivity contribution in [3.05, 3.63) is 51.6 Å². The van der Waals surface area contributed by atoms with Gasteiger partial charge in [-0.15, -0.1) is 0 Å². The van der Waals surface area contributed by atoms with E-state index in [-0.39, 0.29) is 5.56 Å². The Morgan fingerprint density at radius 2 is 2.17 bits per heavy atom. The van der Waals surface area contributed by atoms with Gasteiger partial charge in [0, 0.05) is 0 Å². The van der Waals surface area contributed by atoms with Crippen LogP contribution in [0.3, 0.4) is 0 Å². The highest BCUT2D eigenvalue weighted by Crippen LogP contribution is 2.20. The Balaban J connectivity index is 2.35. The van der Waals surface area contributed by atoms with E-state index >= 15 is 0 Å². The van der Waals surface area contributed by atoms with Crippen LogP contribution >= 0.6 is 11.6 Å². The molecule has 0 unspecified atom stereocenters. The van der Waals surface area contributed by atoms with Crippen LogP contribution in [0.2, 0.25) is 5.02 Å². The fraction of sp³-hybridized carbons (Fsp3) is 0.231. The molecule has 3 nitrogen and oxygen atoms in total. The minimum Gasteiger partial charge on any atom is -0.264 e. The number of benzene rings is 1. The molecule has 0 fully saturated rings. The van der Waals surface area contributed by atoms with Crippen LogP contribution in [-0.2, 0) is 6.54 Å². The third-order valence-corrected chi connectivity index (χ3v) is 3.32. The molecule has 92 valence electrons. The molecule has 0 radical (unpaired) electrons. The molecular weight excluding hydrogens is 253 g/mol. The van der Waals surface area contributed by atoms with E-state index in [4.69, 9.17) is 16.9 Å². The van der Waals surface area contributed by atoms with E-state index in [0.717, 1.165) is 17.0 Å². The standard InChI is InChI=1S/C13H11ClFN3/c1-8-13(14)9(2)18(17-8)7-10-3-4-12(15)11(5-10)6-16/h3-5H,7H2,1-2H3. The molecule has 5 heteroatoms. The Kier molecular flexibility index (Phi) is 3.35. The third-order valence-electron chi connectivity index (χ3n) is 2.78. The summed E-state index contributed by atoms with van der Waals surface area (Å²) in [5, 5.41) is 13.7. The zero-order valence-electron chi connectivity index (χ0n) is 10.0. The summed E-state index contributed by atoms with van der Waals surface area (Å²) in [5.74, 6) is -0.507. The molecule has 0 aliphatic heterocycles. The maximum absolute atomic E-state index is 13.2. The average molecular weight is 264 g/mol. The Morgan fingerprint density at radius 1 is 1.44 bits per heavy atom. The molecule has 0 spiro atoms. The van der Waals surface area contributed by atoms with Gasteiger partial charge in [0.25, 0.3) is 0 Å². The van der Waals surface area contributed by atoms with Crippen LogP contribution in [0.5, 0.6) is 0 Å². The first-order chi connectivity index (χ1) is 8.52. The van der Waals surface area contributed by atoms with Gasteiger partial charge in [-0.05, 0) is 31.5 Å². The van der Waals surface area contributed by atoms with E-state index in [9.17, 15) is 4.39 Å². The van der Waals surface area contributed by atoms with Gasteiger partial charge in [-0.2, -0.15) is 10.4 Å². The smallest absolute Gasteiger partial charge is 0.140 e. The normalized spacial score (nSPS) is 10.4. The largest absolute Gasteiger partial charge is 0.264 e. The van der Waals surface area contributed by atoms with Crippen LogP contribution in [0.4, 0.5) is 4.39 Å². The number of nitriles is 1. The second-order valence-corrected chi connectivity index (χ2v) is 4.45. The first-order valence-corrected chi connectivity index (χ1v) is 5.78. The quantitative estimate of drug-likeness (QED) is 0.835. The van der Waals surface area contributed by atoms with Crippen molar-refractivity contribution < 1.29 is 4.39 Å². The molecule has 0 saturated heterocycles. The highest BCUT2D eigenvalue weighted by atomic mass is 35.5. The van der Waals surface area contributed by atoms with Gasteiger partial charge in [-0.1, -0.05) is 17.7 Å². The van der Waals surface area contributed by atoms with Gasteiger partial charge in [-0.3, -0.25) is 4.68 Å². The predicted octanol–water partition coefficient (Wildman–Crippen LogP) is 3.21. The first-order valence-electron chi connectivity index (χ1n) is 5.41. The lowest BCUT2D eigenvalue weighted by Gasteiger charge is -2.05. The number of halogens is 2. The van der Waals surface area contributed by atoms with Gasteiger partial charge in [0.05, 0.1) is 28.5 Å². The van der Waals surface area contributed by atoms with Gasteiger partial charge >= 0.3 is 0 Å². The van der Waals surface area contributed by atoms with Crippen molar-refractivity contribution >= 4 is 11.6 Å². The molecule has 0 amide bonds. The summed E-state index contributed by atoms with van der Waals surface area (Å²) in [7, 11) is 0. The fourth-order valence-corrected chi connectivity index (χ4v) is 1.89. The first kappa shape index (κ1) is 12.6. The highest BCUT2D eigenvalue weighted by molar-refractivity contribution is 6.31. The Labute approximate surface area is 109 Å². The second-order valence-electron chi connectivity index (χ2n) is 4.07. The van der Waals surface area contributed by atoms with Crippen LogP contribution in [0.1, 0.15) is 22.5 Å². The van der Waals surface area contributed by atoms with Crippen LogP contribution in [-0.4, -0.2) is 9.78 Å². The van der Waals surface area contributed by atoms with Crippen molar-refractivity contribution in [3.63, 3.8) is 0 Å². The van der Waals surface area contributed by atoms with Crippen LogP contribution in [0.15, 0.2) is 18.2 Å². The molecule has 0 aliphatic rings. The van der Waals surface area contributed by atoms with Crippen LogP contribution < -0.4 is 0 Å². The monoisotopic (exact) mass is 263 g/mol. The summed E-state index contributed by atoms with van der Waals surface area (Å²) in [6, 6.07) is 6.28. The molecule has 2 rings (SSSR count).